The van der Waals surface area contributed by atoms with E-state index in [0.29, 0.717) is 11.4 Å². The van der Waals surface area contributed by atoms with Gasteiger partial charge in [-0.1, -0.05) is 0 Å². The number of hydrogen-bond donors (Lipinski definition) is 3. The van der Waals surface area contributed by atoms with Gasteiger partial charge in [-0.05, 0) is 20.8 Å². The molecule has 1 aromatic rings. The number of amides is 2. The van der Waals surface area contributed by atoms with Gasteiger partial charge < -0.3 is 20.4 Å². The zero-order valence-electron chi connectivity index (χ0n) is 12.0. The SMILES string of the molecule is CCOC(=O)c1c(NC(=O)C(C)NC(C)=O)c[nH]c1C. The molecule has 0 saturated carbocycles. The lowest BCUT2D eigenvalue weighted by Crippen LogP contribution is -2.40. The largest absolute Gasteiger partial charge is 0.462 e. The summed E-state index contributed by atoms with van der Waals surface area (Å²) in [5.74, 6) is -1.22. The summed E-state index contributed by atoms with van der Waals surface area (Å²) < 4.78 is 4.93. The van der Waals surface area contributed by atoms with E-state index in [-0.39, 0.29) is 18.1 Å². The van der Waals surface area contributed by atoms with Crippen LogP contribution >= 0.6 is 0 Å². The molecule has 110 valence electrons. The summed E-state index contributed by atoms with van der Waals surface area (Å²) in [5, 5.41) is 5.06. The van der Waals surface area contributed by atoms with Crippen LogP contribution in [0.15, 0.2) is 6.20 Å². The molecule has 0 aromatic carbocycles. The highest BCUT2D eigenvalue weighted by atomic mass is 16.5. The smallest absolute Gasteiger partial charge is 0.342 e. The Kier molecular flexibility index (Phi) is 5.31. The quantitative estimate of drug-likeness (QED) is 0.700. The minimum absolute atomic E-state index is 0.249. The second-order valence-corrected chi connectivity index (χ2v) is 4.33. The molecule has 1 aromatic heterocycles. The Labute approximate surface area is 117 Å². The molecule has 1 unspecified atom stereocenters. The lowest BCUT2D eigenvalue weighted by atomic mass is 10.2. The van der Waals surface area contributed by atoms with Crippen molar-refractivity contribution in [1.82, 2.24) is 10.3 Å². The van der Waals surface area contributed by atoms with Crippen molar-refractivity contribution in [3.8, 4) is 0 Å². The minimum atomic E-state index is -0.697. The molecule has 0 aliphatic carbocycles. The maximum atomic E-state index is 11.9. The first-order valence-corrected chi connectivity index (χ1v) is 6.29. The van der Waals surface area contributed by atoms with Crippen molar-refractivity contribution in [1.29, 1.82) is 0 Å². The first-order chi connectivity index (χ1) is 9.36. The summed E-state index contributed by atoms with van der Waals surface area (Å²) in [4.78, 5) is 37.5. The molecule has 0 fully saturated rings. The van der Waals surface area contributed by atoms with Crippen molar-refractivity contribution < 1.29 is 19.1 Å². The third kappa shape index (κ3) is 3.84. The van der Waals surface area contributed by atoms with E-state index >= 15 is 0 Å². The predicted octanol–water partition coefficient (Wildman–Crippen LogP) is 0.963. The lowest BCUT2D eigenvalue weighted by molar-refractivity contribution is -0.124. The highest BCUT2D eigenvalue weighted by Gasteiger charge is 2.21. The zero-order valence-corrected chi connectivity index (χ0v) is 12.0. The maximum Gasteiger partial charge on any atom is 0.342 e. The van der Waals surface area contributed by atoms with Crippen LogP contribution in [-0.4, -0.2) is 35.4 Å². The Hall–Kier alpha value is -2.31. The number of aromatic amines is 1. The number of rotatable bonds is 5. The molecule has 0 aliphatic heterocycles. The second kappa shape index (κ2) is 6.74. The van der Waals surface area contributed by atoms with E-state index in [1.54, 1.807) is 20.8 Å². The molecule has 0 aliphatic rings. The highest BCUT2D eigenvalue weighted by Crippen LogP contribution is 2.20. The lowest BCUT2D eigenvalue weighted by Gasteiger charge is -2.13. The van der Waals surface area contributed by atoms with Crippen molar-refractivity contribution in [2.45, 2.75) is 33.7 Å². The van der Waals surface area contributed by atoms with Crippen LogP contribution in [-0.2, 0) is 14.3 Å². The molecule has 0 spiro atoms. The number of aromatic nitrogens is 1. The normalized spacial score (nSPS) is 11.6. The molecule has 0 bridgehead atoms. The van der Waals surface area contributed by atoms with Crippen molar-refractivity contribution >= 4 is 23.5 Å². The van der Waals surface area contributed by atoms with E-state index in [4.69, 9.17) is 4.74 Å². The third-order valence-electron chi connectivity index (χ3n) is 2.63. The second-order valence-electron chi connectivity index (χ2n) is 4.33. The number of aryl methyl sites for hydroxylation is 1. The number of ether oxygens (including phenoxy) is 1. The van der Waals surface area contributed by atoms with Crippen molar-refractivity contribution in [2.24, 2.45) is 0 Å². The molecule has 20 heavy (non-hydrogen) atoms. The average molecular weight is 281 g/mol. The Morgan fingerprint density at radius 2 is 2.05 bits per heavy atom. The topological polar surface area (TPSA) is 100 Å². The first-order valence-electron chi connectivity index (χ1n) is 6.29. The number of anilines is 1. The molecule has 7 heteroatoms. The van der Waals surface area contributed by atoms with E-state index in [1.165, 1.54) is 13.1 Å². The van der Waals surface area contributed by atoms with Crippen LogP contribution in [0.3, 0.4) is 0 Å². The van der Waals surface area contributed by atoms with Crippen molar-refractivity contribution in [3.05, 3.63) is 17.5 Å². The summed E-state index contributed by atoms with van der Waals surface area (Å²) >= 11 is 0. The van der Waals surface area contributed by atoms with Gasteiger partial charge in [0.05, 0.1) is 12.3 Å². The van der Waals surface area contributed by atoms with Gasteiger partial charge >= 0.3 is 5.97 Å². The predicted molar refractivity (Wildman–Crippen MR) is 73.4 cm³/mol. The standard InChI is InChI=1S/C13H19N3O4/c1-5-20-13(19)11-7(2)14-6-10(11)16-12(18)8(3)15-9(4)17/h6,8,14H,5H2,1-4H3,(H,15,17)(H,16,18). The van der Waals surface area contributed by atoms with Gasteiger partial charge in [0.1, 0.15) is 11.6 Å². The van der Waals surface area contributed by atoms with Crippen molar-refractivity contribution in [3.63, 3.8) is 0 Å². The van der Waals surface area contributed by atoms with Gasteiger partial charge in [-0.25, -0.2) is 4.79 Å². The Morgan fingerprint density at radius 1 is 1.40 bits per heavy atom. The van der Waals surface area contributed by atoms with E-state index < -0.39 is 17.9 Å². The average Bonchev–Trinajstić information content (AvgIpc) is 2.69. The molecule has 2 amide bonds. The molecule has 0 saturated heterocycles. The summed E-state index contributed by atoms with van der Waals surface area (Å²) in [5.41, 5.74) is 1.23. The van der Waals surface area contributed by atoms with Gasteiger partial charge in [-0.2, -0.15) is 0 Å². The fourth-order valence-corrected chi connectivity index (χ4v) is 1.70. The van der Waals surface area contributed by atoms with E-state index in [9.17, 15) is 14.4 Å². The van der Waals surface area contributed by atoms with Gasteiger partial charge in [-0.15, -0.1) is 0 Å². The molecule has 0 radical (unpaired) electrons. The molecule has 1 atom stereocenters. The van der Waals surface area contributed by atoms with E-state index in [0.717, 1.165) is 0 Å². The molecular weight excluding hydrogens is 262 g/mol. The maximum absolute atomic E-state index is 11.9. The Bertz CT molecular complexity index is 522. The number of H-pyrrole nitrogens is 1. The van der Waals surface area contributed by atoms with Gasteiger partial charge in [0.25, 0.3) is 0 Å². The van der Waals surface area contributed by atoms with Crippen LogP contribution in [0.2, 0.25) is 0 Å². The molecular formula is C13H19N3O4. The fourth-order valence-electron chi connectivity index (χ4n) is 1.70. The van der Waals surface area contributed by atoms with Gasteiger partial charge in [-0.3, -0.25) is 9.59 Å². The Morgan fingerprint density at radius 3 is 2.60 bits per heavy atom. The number of hydrogen-bond acceptors (Lipinski definition) is 4. The summed E-state index contributed by atoms with van der Waals surface area (Å²) in [6, 6.07) is -0.697. The first kappa shape index (κ1) is 15.7. The van der Waals surface area contributed by atoms with Crippen molar-refractivity contribution in [2.75, 3.05) is 11.9 Å². The number of carbonyl (C=O) groups excluding carboxylic acids is 3. The van der Waals surface area contributed by atoms with Crippen LogP contribution in [0.1, 0.15) is 36.8 Å². The monoisotopic (exact) mass is 281 g/mol. The zero-order chi connectivity index (χ0) is 15.3. The van der Waals surface area contributed by atoms with Crippen LogP contribution in [0.25, 0.3) is 0 Å². The van der Waals surface area contributed by atoms with Crippen LogP contribution in [0, 0.1) is 6.92 Å². The van der Waals surface area contributed by atoms with Crippen LogP contribution in [0.5, 0.6) is 0 Å². The number of carbonyl (C=O) groups is 3. The molecule has 1 rings (SSSR count). The Balaban J connectivity index is 2.85. The summed E-state index contributed by atoms with van der Waals surface area (Å²) in [7, 11) is 0. The van der Waals surface area contributed by atoms with Gasteiger partial charge in [0, 0.05) is 18.8 Å². The van der Waals surface area contributed by atoms with Crippen LogP contribution in [0.4, 0.5) is 5.69 Å². The summed E-state index contributed by atoms with van der Waals surface area (Å²) in [6.45, 7) is 6.55. The van der Waals surface area contributed by atoms with E-state index in [1.807, 2.05) is 0 Å². The highest BCUT2D eigenvalue weighted by molar-refractivity contribution is 6.04. The molecule has 7 nitrogen and oxygen atoms in total. The van der Waals surface area contributed by atoms with Gasteiger partial charge in [0.15, 0.2) is 0 Å². The fraction of sp³-hybridized carbons (Fsp3) is 0.462. The number of nitrogens with one attached hydrogen (secondary N) is 3. The molecule has 3 N–H and O–H groups in total. The third-order valence-corrected chi connectivity index (χ3v) is 2.63. The molecule has 1 heterocycles. The summed E-state index contributed by atoms with van der Waals surface area (Å²) in [6.07, 6.45) is 1.51. The number of esters is 1. The van der Waals surface area contributed by atoms with Gasteiger partial charge in [0.2, 0.25) is 11.8 Å². The van der Waals surface area contributed by atoms with Crippen LogP contribution < -0.4 is 10.6 Å². The minimum Gasteiger partial charge on any atom is -0.462 e. The van der Waals surface area contributed by atoms with E-state index in [2.05, 4.69) is 15.6 Å².